The highest BCUT2D eigenvalue weighted by molar-refractivity contribution is 7.80. The van der Waals surface area contributed by atoms with Crippen LogP contribution in [0.3, 0.4) is 0 Å². The van der Waals surface area contributed by atoms with E-state index in [2.05, 4.69) is 23.3 Å². The van der Waals surface area contributed by atoms with Crippen LogP contribution in [0.5, 0.6) is 0 Å². The first-order valence-electron chi connectivity index (χ1n) is 6.76. The van der Waals surface area contributed by atoms with Crippen LogP contribution < -0.4 is 22.1 Å². The summed E-state index contributed by atoms with van der Waals surface area (Å²) in [5, 5.41) is 22.6. The third kappa shape index (κ3) is 7.81. The van der Waals surface area contributed by atoms with Crippen LogP contribution in [0.15, 0.2) is 0 Å². The number of aliphatic carboxylic acids is 1. The Bertz CT molecular complexity index is 459. The summed E-state index contributed by atoms with van der Waals surface area (Å²) in [5.41, 5.74) is 10.4. The van der Waals surface area contributed by atoms with Crippen molar-refractivity contribution in [3.8, 4) is 0 Å². The van der Waals surface area contributed by atoms with Gasteiger partial charge >= 0.3 is 5.97 Å². The molecule has 0 aliphatic carbocycles. The summed E-state index contributed by atoms with van der Waals surface area (Å²) in [6.45, 7) is 1.30. The quantitative estimate of drug-likeness (QED) is 0.204. The van der Waals surface area contributed by atoms with Crippen molar-refractivity contribution in [2.75, 3.05) is 5.75 Å². The molecule has 0 aromatic rings. The molecule has 0 spiro atoms. The van der Waals surface area contributed by atoms with E-state index in [9.17, 15) is 24.3 Å². The Morgan fingerprint density at radius 2 is 1.65 bits per heavy atom. The van der Waals surface area contributed by atoms with Crippen molar-refractivity contribution in [3.05, 3.63) is 0 Å². The molecular formula is C12H22N4O6S. The summed E-state index contributed by atoms with van der Waals surface area (Å²) in [7, 11) is 0. The number of hydrogen-bond acceptors (Lipinski definition) is 7. The molecule has 0 fully saturated rings. The Morgan fingerprint density at radius 3 is 2.04 bits per heavy atom. The van der Waals surface area contributed by atoms with Crippen molar-refractivity contribution in [2.45, 2.75) is 44.0 Å². The van der Waals surface area contributed by atoms with Gasteiger partial charge in [0.1, 0.15) is 18.1 Å². The third-order valence-electron chi connectivity index (χ3n) is 2.93. The number of rotatable bonds is 10. The van der Waals surface area contributed by atoms with Crippen LogP contribution in [0.2, 0.25) is 0 Å². The first-order chi connectivity index (χ1) is 10.6. The maximum Gasteiger partial charge on any atom is 0.327 e. The zero-order chi connectivity index (χ0) is 18.2. The van der Waals surface area contributed by atoms with Crippen molar-refractivity contribution in [1.82, 2.24) is 10.6 Å². The van der Waals surface area contributed by atoms with Gasteiger partial charge in [0.05, 0.1) is 6.10 Å². The molecule has 4 atom stereocenters. The SMILES string of the molecule is C[C@@H](O)[C@H](N)C(=O)N[C@@H](CCC(N)=O)C(=O)N[C@@H](CS)C(=O)O. The van der Waals surface area contributed by atoms with Gasteiger partial charge in [-0.05, 0) is 13.3 Å². The molecule has 0 aliphatic rings. The molecule has 0 bridgehead atoms. The minimum absolute atomic E-state index is 0.141. The molecule has 23 heavy (non-hydrogen) atoms. The second-order valence-corrected chi connectivity index (χ2v) is 5.28. The lowest BCUT2D eigenvalue weighted by molar-refractivity contribution is -0.141. The third-order valence-corrected chi connectivity index (χ3v) is 3.30. The molecule has 0 radical (unpaired) electrons. The fourth-order valence-electron chi connectivity index (χ4n) is 1.50. The van der Waals surface area contributed by atoms with Gasteiger partial charge in [-0.2, -0.15) is 12.6 Å². The van der Waals surface area contributed by atoms with E-state index in [0.29, 0.717) is 0 Å². The molecule has 0 unspecified atom stereocenters. The Balaban J connectivity index is 4.98. The van der Waals surface area contributed by atoms with Crippen molar-refractivity contribution >= 4 is 36.3 Å². The van der Waals surface area contributed by atoms with Gasteiger partial charge in [-0.15, -0.1) is 0 Å². The Morgan fingerprint density at radius 1 is 1.13 bits per heavy atom. The van der Waals surface area contributed by atoms with E-state index in [1.54, 1.807) is 0 Å². The van der Waals surface area contributed by atoms with Gasteiger partial charge in [0, 0.05) is 12.2 Å². The number of nitrogens with two attached hydrogens (primary N) is 2. The van der Waals surface area contributed by atoms with Gasteiger partial charge in [-0.25, -0.2) is 4.79 Å². The van der Waals surface area contributed by atoms with E-state index in [0.717, 1.165) is 0 Å². The summed E-state index contributed by atoms with van der Waals surface area (Å²) < 4.78 is 0. The minimum Gasteiger partial charge on any atom is -0.480 e. The van der Waals surface area contributed by atoms with Crippen molar-refractivity contribution in [1.29, 1.82) is 0 Å². The topological polar surface area (TPSA) is 185 Å². The Labute approximate surface area is 138 Å². The molecular weight excluding hydrogens is 328 g/mol. The minimum atomic E-state index is -1.30. The number of amides is 3. The highest BCUT2D eigenvalue weighted by Gasteiger charge is 2.28. The molecule has 132 valence electrons. The van der Waals surface area contributed by atoms with Crippen LogP contribution in [0, 0.1) is 0 Å². The summed E-state index contributed by atoms with van der Waals surface area (Å²) >= 11 is 3.80. The maximum atomic E-state index is 12.1. The van der Waals surface area contributed by atoms with E-state index < -0.39 is 47.9 Å². The molecule has 0 heterocycles. The van der Waals surface area contributed by atoms with Crippen LogP contribution in [0.1, 0.15) is 19.8 Å². The van der Waals surface area contributed by atoms with E-state index in [4.69, 9.17) is 16.6 Å². The van der Waals surface area contributed by atoms with Gasteiger partial charge in [0.2, 0.25) is 17.7 Å². The predicted octanol–water partition coefficient (Wildman–Crippen LogP) is -3.06. The molecule has 10 nitrogen and oxygen atoms in total. The lowest BCUT2D eigenvalue weighted by Crippen LogP contribution is -2.56. The highest BCUT2D eigenvalue weighted by atomic mass is 32.1. The molecule has 8 N–H and O–H groups in total. The molecule has 11 heteroatoms. The summed E-state index contributed by atoms with van der Waals surface area (Å²) in [5.74, 6) is -3.79. The van der Waals surface area contributed by atoms with Crippen molar-refractivity contribution in [3.63, 3.8) is 0 Å². The van der Waals surface area contributed by atoms with Crippen molar-refractivity contribution in [2.24, 2.45) is 11.5 Å². The number of hydrogen-bond donors (Lipinski definition) is 7. The van der Waals surface area contributed by atoms with Gasteiger partial charge in [-0.1, -0.05) is 0 Å². The van der Waals surface area contributed by atoms with E-state index in [1.807, 2.05) is 0 Å². The van der Waals surface area contributed by atoms with Gasteiger partial charge in [0.15, 0.2) is 0 Å². The number of aliphatic hydroxyl groups excluding tert-OH is 1. The molecule has 3 amide bonds. The Hall–Kier alpha value is -1.85. The average Bonchev–Trinajstić information content (AvgIpc) is 2.46. The van der Waals surface area contributed by atoms with Crippen molar-refractivity contribution < 1.29 is 29.4 Å². The number of carboxylic acids is 1. The fourth-order valence-corrected chi connectivity index (χ4v) is 1.75. The van der Waals surface area contributed by atoms with Crippen LogP contribution in [0.25, 0.3) is 0 Å². The first-order valence-corrected chi connectivity index (χ1v) is 7.39. The summed E-state index contributed by atoms with van der Waals surface area (Å²) in [6.07, 6.45) is -1.50. The average molecular weight is 350 g/mol. The van der Waals surface area contributed by atoms with E-state index >= 15 is 0 Å². The second kappa shape index (κ2) is 10.0. The number of nitrogens with one attached hydrogen (secondary N) is 2. The number of carbonyl (C=O) groups is 4. The number of thiol groups is 1. The van der Waals surface area contributed by atoms with E-state index in [1.165, 1.54) is 6.92 Å². The maximum absolute atomic E-state index is 12.1. The van der Waals surface area contributed by atoms with Crippen LogP contribution in [-0.4, -0.2) is 63.9 Å². The zero-order valence-corrected chi connectivity index (χ0v) is 13.5. The summed E-state index contributed by atoms with van der Waals surface area (Å²) in [4.78, 5) is 45.6. The van der Waals surface area contributed by atoms with Gasteiger partial charge in [0.25, 0.3) is 0 Å². The first kappa shape index (κ1) is 21.1. The normalized spacial score (nSPS) is 15.8. The zero-order valence-electron chi connectivity index (χ0n) is 12.6. The number of carboxylic acid groups (broad SMARTS) is 1. The highest BCUT2D eigenvalue weighted by Crippen LogP contribution is 2.01. The molecule has 0 rings (SSSR count). The Kier molecular flexibility index (Phi) is 9.22. The smallest absolute Gasteiger partial charge is 0.327 e. The monoisotopic (exact) mass is 350 g/mol. The molecule has 0 aliphatic heterocycles. The predicted molar refractivity (Wildman–Crippen MR) is 83.4 cm³/mol. The van der Waals surface area contributed by atoms with Gasteiger partial charge in [-0.3, -0.25) is 14.4 Å². The van der Waals surface area contributed by atoms with Gasteiger partial charge < -0.3 is 32.3 Å². The number of carbonyl (C=O) groups excluding carboxylic acids is 3. The van der Waals surface area contributed by atoms with Crippen LogP contribution in [0.4, 0.5) is 0 Å². The standard InChI is InChI=1S/C12H22N4O6S/c1-5(17)9(14)11(20)15-6(2-3-8(13)18)10(19)16-7(4-23)12(21)22/h5-7,9,17,23H,2-4,14H2,1H3,(H2,13,18)(H,15,20)(H,16,19)(H,21,22)/t5-,6+,7+,9+/m1/s1. The van der Waals surface area contributed by atoms with Crippen LogP contribution >= 0.6 is 12.6 Å². The molecule has 0 saturated carbocycles. The molecule has 0 aromatic heterocycles. The molecule has 0 aromatic carbocycles. The second-order valence-electron chi connectivity index (χ2n) is 4.91. The fraction of sp³-hybridized carbons (Fsp3) is 0.667. The molecule has 0 saturated heterocycles. The lowest BCUT2D eigenvalue weighted by atomic mass is 10.1. The lowest BCUT2D eigenvalue weighted by Gasteiger charge is -2.22. The van der Waals surface area contributed by atoms with Crippen LogP contribution in [-0.2, 0) is 19.2 Å². The number of primary amides is 1. The number of aliphatic hydroxyl groups is 1. The summed E-state index contributed by atoms with van der Waals surface area (Å²) in [6, 6.07) is -3.76. The van der Waals surface area contributed by atoms with E-state index in [-0.39, 0.29) is 18.6 Å². The largest absolute Gasteiger partial charge is 0.480 e.